The van der Waals surface area contributed by atoms with Crippen LogP contribution in [0.3, 0.4) is 0 Å². The highest BCUT2D eigenvalue weighted by molar-refractivity contribution is 5.79. The lowest BCUT2D eigenvalue weighted by atomic mass is 9.33. The first-order valence-electron chi connectivity index (χ1n) is 27.8. The molecule has 5 aliphatic carbocycles. The Kier molecular flexibility index (Phi) is 15.6. The largest absolute Gasteiger partial charge is 0.479 e. The van der Waals surface area contributed by atoms with Gasteiger partial charge < -0.3 is 104 Å². The minimum Gasteiger partial charge on any atom is -0.479 e. The first-order chi connectivity index (χ1) is 36.1. The van der Waals surface area contributed by atoms with Crippen LogP contribution in [0.25, 0.3) is 0 Å². The van der Waals surface area contributed by atoms with Crippen LogP contribution in [-0.4, -0.2) is 228 Å². The van der Waals surface area contributed by atoms with Gasteiger partial charge in [-0.25, -0.2) is 4.79 Å². The minimum absolute atomic E-state index is 0.0939. The molecule has 4 saturated carbocycles. The number of carbonyl (C=O) groups excluding carboxylic acids is 1. The molecule has 0 spiro atoms. The molecule has 23 nitrogen and oxygen atoms in total. The molecule has 0 aromatic rings. The van der Waals surface area contributed by atoms with Crippen molar-refractivity contribution in [3.63, 3.8) is 0 Å². The molecule has 0 unspecified atom stereocenters. The van der Waals surface area contributed by atoms with E-state index < -0.39 is 159 Å². The smallest absolute Gasteiger partial charge is 0.335 e. The second-order valence-electron chi connectivity index (χ2n) is 26.1. The number of hydrogen-bond acceptors (Lipinski definition) is 22. The maximum absolute atomic E-state index is 13.3. The molecule has 9 fully saturated rings. The normalized spacial score (nSPS) is 56.4. The molecule has 77 heavy (non-hydrogen) atoms. The third-order valence-electron chi connectivity index (χ3n) is 22.0. The van der Waals surface area contributed by atoms with Crippen molar-refractivity contribution in [2.75, 3.05) is 26.4 Å². The average Bonchev–Trinajstić information content (AvgIpc) is 3.68. The van der Waals surface area contributed by atoms with Gasteiger partial charge in [0.1, 0.15) is 91.6 Å². The maximum Gasteiger partial charge on any atom is 0.335 e. The highest BCUT2D eigenvalue weighted by atomic mass is 16.8. The number of allylic oxidation sites excluding steroid dienone is 2. The van der Waals surface area contributed by atoms with Crippen molar-refractivity contribution in [2.24, 2.45) is 50.2 Å². The van der Waals surface area contributed by atoms with Gasteiger partial charge in [-0.3, -0.25) is 4.79 Å². The zero-order chi connectivity index (χ0) is 55.9. The molecular weight excluding hydrogens is 1020 g/mol. The topological polar surface area (TPSA) is 360 Å². The Morgan fingerprint density at radius 1 is 0.675 bits per heavy atom. The number of aliphatic carboxylic acids is 1. The fourth-order valence-electron chi connectivity index (χ4n) is 16.9. The number of fused-ring (bicyclic) bond motifs is 10. The Labute approximate surface area is 447 Å². The molecule has 0 aromatic heterocycles. The van der Waals surface area contributed by atoms with Crippen LogP contribution >= 0.6 is 0 Å². The third kappa shape index (κ3) is 9.02. The molecule has 23 heteroatoms. The zero-order valence-corrected chi connectivity index (χ0v) is 45.0. The molecule has 5 saturated heterocycles. The minimum atomic E-state index is -2.14. The van der Waals surface area contributed by atoms with Crippen LogP contribution in [-0.2, 0) is 52.2 Å². The van der Waals surface area contributed by atoms with Crippen LogP contribution < -0.4 is 0 Å². The summed E-state index contributed by atoms with van der Waals surface area (Å²) in [6.07, 6.45) is -24.9. The number of aliphatic hydroxyl groups excluding tert-OH is 11. The second kappa shape index (κ2) is 20.7. The summed E-state index contributed by atoms with van der Waals surface area (Å²) in [7, 11) is 0. The van der Waals surface area contributed by atoms with Crippen LogP contribution in [0.15, 0.2) is 11.6 Å². The molecule has 0 radical (unpaired) electrons. The summed E-state index contributed by atoms with van der Waals surface area (Å²) in [5.41, 5.74) is -0.903. The van der Waals surface area contributed by atoms with E-state index in [-0.39, 0.29) is 58.1 Å². The molecule has 30 atom stereocenters. The Morgan fingerprint density at radius 3 is 2.06 bits per heavy atom. The number of rotatable bonds is 12. The summed E-state index contributed by atoms with van der Waals surface area (Å²) in [5.74, 6) is -1.50. The molecule has 5 aliphatic heterocycles. The number of esters is 1. The SMILES string of the molecule is C[C@@H]1O[C@@H](O[C@H]2[C@H](O[C@H]3[C@H](O[C@H]4CC[C@@]5(C)[C@@H](CC[C@]6(C)[C@@H]5CC=C5[C@@H]7C[C@]8(C)C[C@@H](OC8=O)[C@]7(C)CC[C@]56C)[C@@]4(C)CO)O[C@H](C(=O)O)[C@@H](O)[C@@H]3O)O[C@H](CO)[C@@H](O)[C@@H]2OC[C@@H]2OC[C@@H](O)[C@H](O)[C@H]2O)[C@H](O)[C@H](O)[C@H]1O. The standard InChI is InChI=1S/C54H84O23/c1-22-32(58)36(62)39(65)45(71-22)77-43-40(70-20-27-34(60)33(59)25(57)19-69-27)35(61)26(18-55)72-47(43)76-42-38(64)37(63)41(44(66)67)75-46(42)73-30-11-12-51(4)28(52(30,5)21-56)10-13-54(7)29(51)9-8-23-24-16-49(2)17-31(74-48(49)68)50(24,3)14-15-53(23,54)6/h8,22,24-43,45-47,55-65H,9-21H2,1-7H3,(H,66,67)/t22-,24-,25+,26+,27-,28+,29+,30-,31+,32-,33-,34-,35+,36+,37-,38-,39+,40-,41-,42+,43+,45-,46+,47-,49+,50+,51-,52+,53+,54+/m0/s1. The van der Waals surface area contributed by atoms with E-state index >= 15 is 0 Å². The Hall–Kier alpha value is -2.08. The molecule has 2 bridgehead atoms. The van der Waals surface area contributed by atoms with Gasteiger partial charge in [-0.1, -0.05) is 46.3 Å². The fourth-order valence-corrected chi connectivity index (χ4v) is 16.9. The van der Waals surface area contributed by atoms with Crippen molar-refractivity contribution in [1.29, 1.82) is 0 Å². The van der Waals surface area contributed by atoms with E-state index in [0.717, 1.165) is 38.5 Å². The fraction of sp³-hybridized carbons (Fsp3) is 0.926. The lowest BCUT2D eigenvalue weighted by Crippen LogP contribution is -2.68. The van der Waals surface area contributed by atoms with Crippen LogP contribution in [0.1, 0.15) is 106 Å². The quantitative estimate of drug-likeness (QED) is 0.0617. The van der Waals surface area contributed by atoms with Gasteiger partial charge in [0.15, 0.2) is 25.0 Å². The second-order valence-corrected chi connectivity index (χ2v) is 26.1. The number of aliphatic hydroxyl groups is 11. The van der Waals surface area contributed by atoms with Crippen LogP contribution in [0, 0.1) is 50.2 Å². The van der Waals surface area contributed by atoms with Gasteiger partial charge in [0.05, 0.1) is 44.1 Å². The predicted octanol–water partition coefficient (Wildman–Crippen LogP) is -1.24. The van der Waals surface area contributed by atoms with Gasteiger partial charge in [-0.2, -0.15) is 0 Å². The summed E-state index contributed by atoms with van der Waals surface area (Å²) in [5, 5.41) is 131. The van der Waals surface area contributed by atoms with Crippen LogP contribution in [0.5, 0.6) is 0 Å². The molecule has 5 heterocycles. The Balaban J connectivity index is 0.941. The van der Waals surface area contributed by atoms with Crippen molar-refractivity contribution < 1.29 is 113 Å². The van der Waals surface area contributed by atoms with Crippen molar-refractivity contribution >= 4 is 11.9 Å². The molecule has 12 N–H and O–H groups in total. The van der Waals surface area contributed by atoms with E-state index in [1.807, 2.05) is 6.92 Å². The van der Waals surface area contributed by atoms with E-state index in [4.69, 9.17) is 42.6 Å². The van der Waals surface area contributed by atoms with Crippen molar-refractivity contribution in [2.45, 2.75) is 235 Å². The number of carboxylic acid groups (broad SMARTS) is 1. The summed E-state index contributed by atoms with van der Waals surface area (Å²) in [6, 6.07) is 0. The Morgan fingerprint density at radius 2 is 1.38 bits per heavy atom. The van der Waals surface area contributed by atoms with Crippen molar-refractivity contribution in [3.05, 3.63) is 11.6 Å². The number of carboxylic acids is 1. The zero-order valence-electron chi connectivity index (χ0n) is 45.0. The lowest BCUT2D eigenvalue weighted by molar-refractivity contribution is -0.399. The molecular formula is C54H84O23. The third-order valence-corrected chi connectivity index (χ3v) is 22.0. The van der Waals surface area contributed by atoms with Gasteiger partial charge in [0.25, 0.3) is 0 Å². The molecule has 0 aromatic carbocycles. The number of carbonyl (C=O) groups is 2. The van der Waals surface area contributed by atoms with E-state index in [1.54, 1.807) is 0 Å². The van der Waals surface area contributed by atoms with Crippen molar-refractivity contribution in [3.8, 4) is 0 Å². The van der Waals surface area contributed by atoms with Gasteiger partial charge in [-0.05, 0) is 99.2 Å². The predicted molar refractivity (Wildman–Crippen MR) is 260 cm³/mol. The number of ether oxygens (including phenoxy) is 9. The number of hydrogen-bond donors (Lipinski definition) is 12. The maximum atomic E-state index is 13.3. The molecule has 0 amide bonds. The first-order valence-corrected chi connectivity index (χ1v) is 27.8. The highest BCUT2D eigenvalue weighted by Gasteiger charge is 2.72. The van der Waals surface area contributed by atoms with Gasteiger partial charge in [0, 0.05) is 17.3 Å². The van der Waals surface area contributed by atoms with Gasteiger partial charge >= 0.3 is 11.9 Å². The van der Waals surface area contributed by atoms with E-state index in [0.29, 0.717) is 19.3 Å². The molecule has 10 rings (SSSR count). The monoisotopic (exact) mass is 1100 g/mol. The Bertz CT molecular complexity index is 2220. The molecule has 438 valence electrons. The highest BCUT2D eigenvalue weighted by Crippen LogP contribution is 2.76. The van der Waals surface area contributed by atoms with Gasteiger partial charge in [0.2, 0.25) is 0 Å². The van der Waals surface area contributed by atoms with Crippen LogP contribution in [0.2, 0.25) is 0 Å². The van der Waals surface area contributed by atoms with E-state index in [2.05, 4.69) is 40.7 Å². The summed E-state index contributed by atoms with van der Waals surface area (Å²) in [6.45, 7) is 12.6. The van der Waals surface area contributed by atoms with Crippen LogP contribution in [0.4, 0.5) is 0 Å². The summed E-state index contributed by atoms with van der Waals surface area (Å²) in [4.78, 5) is 26.0. The van der Waals surface area contributed by atoms with Gasteiger partial charge in [-0.15, -0.1) is 0 Å². The first kappa shape index (κ1) is 58.1. The lowest BCUT2D eigenvalue weighted by Gasteiger charge is -2.71. The average molecular weight is 1100 g/mol. The summed E-state index contributed by atoms with van der Waals surface area (Å²) >= 11 is 0. The van der Waals surface area contributed by atoms with E-state index in [9.17, 15) is 70.9 Å². The molecule has 10 aliphatic rings. The van der Waals surface area contributed by atoms with Crippen molar-refractivity contribution in [1.82, 2.24) is 0 Å². The summed E-state index contributed by atoms with van der Waals surface area (Å²) < 4.78 is 55.1. The van der Waals surface area contributed by atoms with E-state index in [1.165, 1.54) is 12.5 Å².